The smallest absolute Gasteiger partial charge is 0.230 e. The third-order valence-electron chi connectivity index (χ3n) is 5.06. The molecule has 0 atom stereocenters. The van der Waals surface area contributed by atoms with Crippen LogP contribution in [0.15, 0.2) is 57.7 Å². The van der Waals surface area contributed by atoms with Gasteiger partial charge in [0.25, 0.3) is 0 Å². The molecule has 0 N–H and O–H groups in total. The molecule has 4 aromatic rings. The second-order valence-electron chi connectivity index (χ2n) is 8.10. The number of aromatic nitrogens is 4. The number of nitrogens with zero attached hydrogens (tertiary/aromatic N) is 6. The Labute approximate surface area is 192 Å². The van der Waals surface area contributed by atoms with Crippen molar-refractivity contribution in [1.29, 1.82) is 0 Å². The molecule has 0 bridgehead atoms. The molecule has 0 saturated heterocycles. The van der Waals surface area contributed by atoms with Crippen LogP contribution in [0.2, 0.25) is 0 Å². The van der Waals surface area contributed by atoms with Crippen molar-refractivity contribution in [1.82, 2.24) is 25.2 Å². The molecule has 3 heterocycles. The van der Waals surface area contributed by atoms with Gasteiger partial charge in [0.1, 0.15) is 5.76 Å². The van der Waals surface area contributed by atoms with Crippen LogP contribution in [0.5, 0.6) is 0 Å². The zero-order valence-electron chi connectivity index (χ0n) is 19.1. The Bertz CT molecular complexity index is 1230. The number of carbonyl (C=O) groups is 1. The van der Waals surface area contributed by atoms with Gasteiger partial charge >= 0.3 is 0 Å². The van der Waals surface area contributed by atoms with Gasteiger partial charge in [-0.25, -0.2) is 9.97 Å². The summed E-state index contributed by atoms with van der Waals surface area (Å²) in [5.41, 5.74) is 3.87. The molecule has 0 radical (unpaired) electrons. The third kappa shape index (κ3) is 5.43. The van der Waals surface area contributed by atoms with Gasteiger partial charge in [-0.15, -0.1) is 0 Å². The van der Waals surface area contributed by atoms with Crippen LogP contribution in [0.1, 0.15) is 28.4 Å². The topological polar surface area (TPSA) is 101 Å². The van der Waals surface area contributed by atoms with E-state index >= 15 is 0 Å². The summed E-state index contributed by atoms with van der Waals surface area (Å²) < 4.78 is 10.8. The molecular weight excluding hydrogens is 420 g/mol. The quantitative estimate of drug-likeness (QED) is 0.405. The van der Waals surface area contributed by atoms with Gasteiger partial charge < -0.3 is 18.8 Å². The van der Waals surface area contributed by atoms with Crippen molar-refractivity contribution in [2.24, 2.45) is 0 Å². The van der Waals surface area contributed by atoms with Crippen LogP contribution in [-0.2, 0) is 24.3 Å². The molecule has 3 aromatic heterocycles. The number of hydrogen-bond donors (Lipinski definition) is 0. The zero-order valence-corrected chi connectivity index (χ0v) is 19.1. The molecule has 1 amide bonds. The van der Waals surface area contributed by atoms with E-state index < -0.39 is 0 Å². The van der Waals surface area contributed by atoms with Gasteiger partial charge in [-0.1, -0.05) is 40.6 Å². The van der Waals surface area contributed by atoms with Gasteiger partial charge in [-0.05, 0) is 19.4 Å². The molecule has 170 valence electrons. The molecule has 9 nitrogen and oxygen atoms in total. The van der Waals surface area contributed by atoms with E-state index in [0.29, 0.717) is 35.3 Å². The molecule has 0 saturated carbocycles. The van der Waals surface area contributed by atoms with Crippen LogP contribution >= 0.6 is 0 Å². The van der Waals surface area contributed by atoms with Crippen molar-refractivity contribution in [3.63, 3.8) is 0 Å². The summed E-state index contributed by atoms with van der Waals surface area (Å²) in [6.45, 7) is 4.36. The number of hydrogen-bond acceptors (Lipinski definition) is 8. The van der Waals surface area contributed by atoms with Gasteiger partial charge in [0.15, 0.2) is 5.76 Å². The van der Waals surface area contributed by atoms with E-state index in [1.54, 1.807) is 17.2 Å². The molecule has 0 aliphatic carbocycles. The van der Waals surface area contributed by atoms with E-state index in [1.165, 1.54) is 0 Å². The minimum atomic E-state index is -0.0975. The minimum Gasteiger partial charge on any atom is -0.361 e. The highest BCUT2D eigenvalue weighted by Gasteiger charge is 2.22. The monoisotopic (exact) mass is 446 g/mol. The lowest BCUT2D eigenvalue weighted by Crippen LogP contribution is -2.32. The summed E-state index contributed by atoms with van der Waals surface area (Å²) in [4.78, 5) is 26.1. The van der Waals surface area contributed by atoms with Crippen molar-refractivity contribution in [3.8, 4) is 11.3 Å². The average Bonchev–Trinajstić information content (AvgIpc) is 3.41. The number of rotatable bonds is 8. The van der Waals surface area contributed by atoms with Gasteiger partial charge in [-0.2, -0.15) is 0 Å². The first-order chi connectivity index (χ1) is 15.9. The normalized spacial score (nSPS) is 10.9. The average molecular weight is 447 g/mol. The molecule has 0 aliphatic heterocycles. The predicted molar refractivity (Wildman–Crippen MR) is 122 cm³/mol. The minimum absolute atomic E-state index is 0.0975. The number of anilines is 1. The summed E-state index contributed by atoms with van der Waals surface area (Å²) >= 11 is 0. The lowest BCUT2D eigenvalue weighted by Gasteiger charge is -2.24. The Morgan fingerprint density at radius 1 is 0.970 bits per heavy atom. The molecule has 0 spiro atoms. The van der Waals surface area contributed by atoms with Crippen molar-refractivity contribution >= 4 is 11.9 Å². The van der Waals surface area contributed by atoms with Crippen molar-refractivity contribution in [2.75, 3.05) is 19.0 Å². The highest BCUT2D eigenvalue weighted by Crippen LogP contribution is 2.26. The lowest BCUT2D eigenvalue weighted by atomic mass is 10.1. The van der Waals surface area contributed by atoms with E-state index in [-0.39, 0.29) is 18.9 Å². The van der Waals surface area contributed by atoms with E-state index in [0.717, 1.165) is 17.0 Å². The summed E-state index contributed by atoms with van der Waals surface area (Å²) in [6, 6.07) is 13.4. The summed E-state index contributed by atoms with van der Waals surface area (Å²) in [6.07, 6.45) is 1.82. The molecule has 1 aromatic carbocycles. The fourth-order valence-electron chi connectivity index (χ4n) is 3.42. The Kier molecular flexibility index (Phi) is 6.48. The maximum Gasteiger partial charge on any atom is 0.230 e. The lowest BCUT2D eigenvalue weighted by molar-refractivity contribution is -0.132. The van der Waals surface area contributed by atoms with Gasteiger partial charge in [0.2, 0.25) is 11.9 Å². The van der Waals surface area contributed by atoms with E-state index in [4.69, 9.17) is 14.0 Å². The zero-order chi connectivity index (χ0) is 23.4. The number of aryl methyl sites for hydroxylation is 2. The summed E-state index contributed by atoms with van der Waals surface area (Å²) in [7, 11) is 3.74. The van der Waals surface area contributed by atoms with Crippen molar-refractivity contribution in [2.45, 2.75) is 33.4 Å². The fraction of sp³-hybridized carbons (Fsp3) is 0.292. The SMILES string of the molecule is Cc1cc(CC(=O)N(Cc2ccccc2)Cc2nc(N(C)C)ncc2-c2cc(C)no2)on1. The highest BCUT2D eigenvalue weighted by atomic mass is 16.5. The Morgan fingerprint density at radius 3 is 2.33 bits per heavy atom. The maximum absolute atomic E-state index is 13.3. The Balaban J connectivity index is 1.69. The fourth-order valence-corrected chi connectivity index (χ4v) is 3.42. The number of carbonyl (C=O) groups excluding carboxylic acids is 1. The van der Waals surface area contributed by atoms with Crippen molar-refractivity contribution in [3.05, 3.63) is 77.1 Å². The van der Waals surface area contributed by atoms with Gasteiger partial charge in [0, 0.05) is 39.0 Å². The van der Waals surface area contributed by atoms with E-state index in [9.17, 15) is 4.79 Å². The second kappa shape index (κ2) is 9.64. The van der Waals surface area contributed by atoms with E-state index in [1.807, 2.05) is 69.2 Å². The second-order valence-corrected chi connectivity index (χ2v) is 8.10. The van der Waals surface area contributed by atoms with E-state index in [2.05, 4.69) is 15.3 Å². The van der Waals surface area contributed by atoms with Crippen molar-refractivity contribution < 1.29 is 13.8 Å². The molecule has 0 unspecified atom stereocenters. The molecular formula is C24H26N6O3. The highest BCUT2D eigenvalue weighted by molar-refractivity contribution is 5.78. The standard InChI is InChI=1S/C24H26N6O3/c1-16-10-19(32-27-16)12-23(31)30(14-18-8-6-5-7-9-18)15-21-20(22-11-17(2)28-33-22)13-25-24(26-21)29(3)4/h5-11,13H,12,14-15H2,1-4H3. The van der Waals surface area contributed by atoms with Gasteiger partial charge in [-0.3, -0.25) is 4.79 Å². The maximum atomic E-state index is 13.3. The van der Waals surface area contributed by atoms with Crippen LogP contribution in [0.25, 0.3) is 11.3 Å². The summed E-state index contributed by atoms with van der Waals surface area (Å²) in [5.74, 6) is 1.53. The number of benzene rings is 1. The molecule has 0 aliphatic rings. The molecule has 33 heavy (non-hydrogen) atoms. The molecule has 0 fully saturated rings. The van der Waals surface area contributed by atoms with Crippen LogP contribution in [0, 0.1) is 13.8 Å². The largest absolute Gasteiger partial charge is 0.361 e. The first kappa shape index (κ1) is 22.2. The molecule has 4 rings (SSSR count). The predicted octanol–water partition coefficient (Wildman–Crippen LogP) is 3.57. The van der Waals surface area contributed by atoms with Crippen LogP contribution in [-0.4, -0.2) is 45.2 Å². The van der Waals surface area contributed by atoms with Crippen LogP contribution < -0.4 is 4.90 Å². The van der Waals surface area contributed by atoms with Gasteiger partial charge in [0.05, 0.1) is 35.6 Å². The van der Waals surface area contributed by atoms with Crippen LogP contribution in [0.3, 0.4) is 0 Å². The van der Waals surface area contributed by atoms with Crippen LogP contribution in [0.4, 0.5) is 5.95 Å². The number of amides is 1. The first-order valence-electron chi connectivity index (χ1n) is 10.6. The molecule has 9 heteroatoms. The summed E-state index contributed by atoms with van der Waals surface area (Å²) in [5, 5.41) is 7.88. The Morgan fingerprint density at radius 2 is 1.70 bits per heavy atom. The Hall–Kier alpha value is -4.01. The first-order valence-corrected chi connectivity index (χ1v) is 10.6. The third-order valence-corrected chi connectivity index (χ3v) is 5.06.